The molecule has 3 amide bonds. The highest BCUT2D eigenvalue weighted by atomic mass is 79.9. The predicted molar refractivity (Wildman–Crippen MR) is 192 cm³/mol. The molecule has 2 aromatic rings. The lowest BCUT2D eigenvalue weighted by molar-refractivity contribution is -0.161. The highest BCUT2D eigenvalue weighted by molar-refractivity contribution is 9.11. The summed E-state index contributed by atoms with van der Waals surface area (Å²) >= 11 is 10.4. The van der Waals surface area contributed by atoms with Crippen molar-refractivity contribution in [3.05, 3.63) is 87.4 Å². The van der Waals surface area contributed by atoms with Gasteiger partial charge in [-0.25, -0.2) is 0 Å². The number of anilines is 1. The Morgan fingerprint density at radius 2 is 1.78 bits per heavy atom. The predicted octanol–water partition coefficient (Wildman–Crippen LogP) is 5.40. The van der Waals surface area contributed by atoms with Crippen LogP contribution in [0.4, 0.5) is 5.69 Å². The monoisotopic (exact) mass is 767 g/mol. The molecular weight excluding hydrogens is 726 g/mol. The summed E-state index contributed by atoms with van der Waals surface area (Å²) in [5.41, 5.74) is 0.349. The number of para-hydroxylation sites is 1. The smallest absolute Gasteiger partial charge is 0.313 e. The average molecular weight is 769 g/mol. The molecule has 2 aromatic carbocycles. The van der Waals surface area contributed by atoms with Crippen LogP contribution < -0.4 is 10.2 Å². The number of esters is 1. The van der Waals surface area contributed by atoms with Crippen LogP contribution in [0.3, 0.4) is 0 Å². The van der Waals surface area contributed by atoms with Crippen LogP contribution in [-0.4, -0.2) is 76.7 Å². The minimum absolute atomic E-state index is 0.0765. The molecule has 4 heterocycles. The Balaban J connectivity index is 1.52. The van der Waals surface area contributed by atoms with Gasteiger partial charge in [0.25, 0.3) is 5.91 Å². The van der Waals surface area contributed by atoms with Crippen molar-refractivity contribution in [2.75, 3.05) is 18.1 Å². The van der Waals surface area contributed by atoms with E-state index < -0.39 is 72.2 Å². The van der Waals surface area contributed by atoms with E-state index in [0.29, 0.717) is 33.6 Å². The number of rotatable bonds is 6. The number of allylic oxidation sites excluding steroid dienone is 1. The molecular formula is C38H43BrClN3O7. The number of likely N-dealkylation sites (tertiary alicyclic amines) is 1. The average Bonchev–Trinajstić information content (AvgIpc) is 3.67. The maximum absolute atomic E-state index is 15.3. The first kappa shape index (κ1) is 36.3. The number of aliphatic hydroxyl groups excluding tert-OH is 1. The number of hydrogen-bond donors (Lipinski definition) is 2. The molecule has 266 valence electrons. The van der Waals surface area contributed by atoms with Gasteiger partial charge in [0.05, 0.1) is 35.3 Å². The Hall–Kier alpha value is -3.51. The lowest BCUT2D eigenvalue weighted by atomic mass is 9.74. The fourth-order valence-electron chi connectivity index (χ4n) is 8.04. The summed E-state index contributed by atoms with van der Waals surface area (Å²) < 4.78 is 13.5. The Morgan fingerprint density at radius 1 is 1.04 bits per heavy atom. The molecule has 8 atom stereocenters. The largest absolute Gasteiger partial charge is 0.455 e. The van der Waals surface area contributed by atoms with E-state index in [4.69, 9.17) is 21.1 Å². The molecule has 0 aromatic heterocycles. The van der Waals surface area contributed by atoms with Crippen molar-refractivity contribution in [1.29, 1.82) is 0 Å². The van der Waals surface area contributed by atoms with E-state index >= 15 is 4.79 Å². The maximum atomic E-state index is 15.3. The molecule has 2 N–H and O–H groups in total. The van der Waals surface area contributed by atoms with Crippen molar-refractivity contribution >= 4 is 56.9 Å². The number of aliphatic hydroxyl groups is 1. The molecule has 50 heavy (non-hydrogen) atoms. The van der Waals surface area contributed by atoms with Gasteiger partial charge in [-0.3, -0.25) is 19.2 Å². The first-order valence-corrected chi connectivity index (χ1v) is 18.3. The van der Waals surface area contributed by atoms with Gasteiger partial charge in [0, 0.05) is 17.4 Å². The Bertz CT molecular complexity index is 1700. The third kappa shape index (κ3) is 6.42. The molecule has 0 unspecified atom stereocenters. The van der Waals surface area contributed by atoms with Gasteiger partial charge in [0.2, 0.25) is 11.8 Å². The number of aryl methyl sites for hydroxylation is 1. The Labute approximate surface area is 305 Å². The molecule has 4 aliphatic rings. The lowest BCUT2D eigenvalue weighted by Crippen LogP contribution is -2.59. The molecule has 6 rings (SSSR count). The van der Waals surface area contributed by atoms with Crippen molar-refractivity contribution in [3.63, 3.8) is 0 Å². The van der Waals surface area contributed by atoms with E-state index in [1.54, 1.807) is 25.1 Å². The minimum Gasteiger partial charge on any atom is -0.455 e. The quantitative estimate of drug-likeness (QED) is 0.298. The summed E-state index contributed by atoms with van der Waals surface area (Å²) in [4.78, 5) is 60.7. The SMILES string of the molecule is Cc1cccc(Cl)c1N1C/C=C\CCC(=O)N[C@@H](C)[C@H](c2ccccc2)OC(=O)[C@H]2[C@@H]3O[C@@]4(C=C3Br)[C@@H]2C(=O)N([C@@H](CO)CC(C)C)[C@@H]4C1=O. The highest BCUT2D eigenvalue weighted by Gasteiger charge is 2.75. The molecule has 1 spiro atoms. The van der Waals surface area contributed by atoms with Crippen molar-refractivity contribution in [3.8, 4) is 0 Å². The summed E-state index contributed by atoms with van der Waals surface area (Å²) in [5.74, 6) is -3.98. The summed E-state index contributed by atoms with van der Waals surface area (Å²) in [7, 11) is 0. The number of amides is 3. The zero-order chi connectivity index (χ0) is 35.9. The molecule has 2 fully saturated rings. The van der Waals surface area contributed by atoms with Crippen LogP contribution in [0.1, 0.15) is 57.3 Å². The first-order chi connectivity index (χ1) is 23.9. The second-order valence-electron chi connectivity index (χ2n) is 14.0. The van der Waals surface area contributed by atoms with E-state index in [2.05, 4.69) is 21.2 Å². The molecule has 5 bridgehead atoms. The van der Waals surface area contributed by atoms with Crippen LogP contribution >= 0.6 is 27.5 Å². The van der Waals surface area contributed by atoms with Gasteiger partial charge >= 0.3 is 5.97 Å². The van der Waals surface area contributed by atoms with Gasteiger partial charge in [-0.15, -0.1) is 0 Å². The van der Waals surface area contributed by atoms with Gasteiger partial charge in [-0.2, -0.15) is 0 Å². The summed E-state index contributed by atoms with van der Waals surface area (Å²) in [6.07, 6.45) is 4.61. The van der Waals surface area contributed by atoms with Crippen molar-refractivity contribution in [1.82, 2.24) is 10.2 Å². The van der Waals surface area contributed by atoms with Crippen LogP contribution in [0, 0.1) is 24.7 Å². The van der Waals surface area contributed by atoms with Crippen LogP contribution in [0.25, 0.3) is 0 Å². The maximum Gasteiger partial charge on any atom is 0.313 e. The van der Waals surface area contributed by atoms with Gasteiger partial charge in [-0.1, -0.05) is 96.0 Å². The summed E-state index contributed by atoms with van der Waals surface area (Å²) in [5, 5.41) is 14.1. The third-order valence-electron chi connectivity index (χ3n) is 10.1. The number of nitrogens with one attached hydrogen (secondary N) is 1. The van der Waals surface area contributed by atoms with E-state index in [1.165, 1.54) is 9.80 Å². The summed E-state index contributed by atoms with van der Waals surface area (Å²) in [6, 6.07) is 11.9. The number of fused-ring (bicyclic) bond motifs is 2. The van der Waals surface area contributed by atoms with Gasteiger partial charge in [0.15, 0.2) is 0 Å². The van der Waals surface area contributed by atoms with Crippen molar-refractivity contribution in [2.24, 2.45) is 17.8 Å². The number of nitrogens with zero attached hydrogens (tertiary/aromatic N) is 2. The zero-order valence-corrected chi connectivity index (χ0v) is 30.9. The number of benzene rings is 2. The first-order valence-electron chi connectivity index (χ1n) is 17.1. The highest BCUT2D eigenvalue weighted by Crippen LogP contribution is 2.59. The van der Waals surface area contributed by atoms with Crippen LogP contribution in [0.2, 0.25) is 5.02 Å². The van der Waals surface area contributed by atoms with Crippen LogP contribution in [-0.2, 0) is 28.7 Å². The topological polar surface area (TPSA) is 125 Å². The number of hydrogen-bond acceptors (Lipinski definition) is 7. The summed E-state index contributed by atoms with van der Waals surface area (Å²) in [6.45, 7) is 7.29. The molecule has 4 aliphatic heterocycles. The second kappa shape index (κ2) is 14.6. The van der Waals surface area contributed by atoms with Gasteiger partial charge in [-0.05, 0) is 55.9 Å². The van der Waals surface area contributed by atoms with Crippen molar-refractivity contribution < 1.29 is 33.8 Å². The lowest BCUT2D eigenvalue weighted by Gasteiger charge is -2.39. The number of halogens is 2. The van der Waals surface area contributed by atoms with E-state index in [-0.39, 0.29) is 24.8 Å². The Kier molecular flexibility index (Phi) is 10.6. The van der Waals surface area contributed by atoms with Crippen LogP contribution in [0.5, 0.6) is 0 Å². The second-order valence-corrected chi connectivity index (χ2v) is 15.4. The number of cyclic esters (lactones) is 1. The molecule has 2 saturated heterocycles. The standard InChI is InChI=1S/C38H43BrClN3O7/c1-21(2)18-25(20-44)43-34-36(47)42(31-22(3)12-11-15-27(31)40)17-10-6-9-16-28(45)41-23(4)32(24-13-7-5-8-14-24)49-37(48)29-30(35(43)46)38(34)19-26(39)33(29)50-38/h5-8,10-15,19,21,23,25,29-30,32-34,44H,9,16-18,20H2,1-4H3,(H,41,45)/b10-6-/t23-,25+,29+,30-,32+,33+,34+,38-/m0/s1. The molecule has 10 nitrogen and oxygen atoms in total. The number of ether oxygens (including phenoxy) is 2. The number of carbonyl (C=O) groups is 4. The molecule has 12 heteroatoms. The van der Waals surface area contributed by atoms with E-state index in [0.717, 1.165) is 5.56 Å². The van der Waals surface area contributed by atoms with Gasteiger partial charge in [0.1, 0.15) is 29.8 Å². The van der Waals surface area contributed by atoms with E-state index in [1.807, 2.05) is 69.3 Å². The van der Waals surface area contributed by atoms with Gasteiger partial charge < -0.3 is 29.7 Å². The fraction of sp³-hybridized carbons (Fsp3) is 0.474. The minimum atomic E-state index is -1.54. The Morgan fingerprint density at radius 3 is 2.46 bits per heavy atom. The molecule has 0 radical (unpaired) electrons. The van der Waals surface area contributed by atoms with Crippen molar-refractivity contribution in [2.45, 2.75) is 82.9 Å². The third-order valence-corrected chi connectivity index (χ3v) is 11.1. The number of carbonyl (C=O) groups excluding carboxylic acids is 4. The van der Waals surface area contributed by atoms with E-state index in [9.17, 15) is 19.5 Å². The van der Waals surface area contributed by atoms with Crippen LogP contribution in [0.15, 0.2) is 71.2 Å². The molecule has 0 saturated carbocycles. The zero-order valence-electron chi connectivity index (χ0n) is 28.6. The fourth-order valence-corrected chi connectivity index (χ4v) is 9.10. The normalized spacial score (nSPS) is 31.4. The molecule has 0 aliphatic carbocycles.